The lowest BCUT2D eigenvalue weighted by atomic mass is 9.84. The van der Waals surface area contributed by atoms with Gasteiger partial charge in [-0.2, -0.15) is 0 Å². The number of carbonyl (C=O) groups is 1. The first-order valence-electron chi connectivity index (χ1n) is 13.0. The first kappa shape index (κ1) is 26.0. The number of carbonyl (C=O) groups excluding carboxylic acids is 1. The molecule has 0 radical (unpaired) electrons. The molecule has 0 aromatic heterocycles. The monoisotopic (exact) mass is 553 g/mol. The van der Waals surface area contributed by atoms with Gasteiger partial charge in [0.25, 0.3) is 0 Å². The van der Waals surface area contributed by atoms with E-state index in [0.717, 1.165) is 11.1 Å². The van der Waals surface area contributed by atoms with Gasteiger partial charge in [-0.05, 0) is 72.9 Å². The predicted octanol–water partition coefficient (Wildman–Crippen LogP) is 5.17. The van der Waals surface area contributed by atoms with Gasteiger partial charge < -0.3 is 33.7 Å². The Bertz CT molecular complexity index is 1460. The molecule has 2 unspecified atom stereocenters. The van der Waals surface area contributed by atoms with E-state index in [9.17, 15) is 13.6 Å². The number of hydrogen-bond donors (Lipinski definition) is 1. The molecular formula is C30H29F2NO7. The number of nitrogens with one attached hydrogen (secondary N) is 1. The summed E-state index contributed by atoms with van der Waals surface area (Å²) in [5.41, 5.74) is 1.57. The molecule has 1 aliphatic carbocycles. The zero-order valence-corrected chi connectivity index (χ0v) is 22.3. The van der Waals surface area contributed by atoms with Crippen LogP contribution >= 0.6 is 0 Å². The maximum atomic E-state index is 13.9. The summed E-state index contributed by atoms with van der Waals surface area (Å²) in [4.78, 5) is 13.9. The molecule has 2 heterocycles. The highest BCUT2D eigenvalue weighted by Crippen LogP contribution is 2.52. The van der Waals surface area contributed by atoms with Crippen LogP contribution in [0.15, 0.2) is 54.6 Å². The standard InChI is InChI=1S/C30H29F2NO7/c1-35-20-6-9-22-21(15-20)27(18(16-38-22)12-17-4-7-23(36-2)25(13-17)37-3)33-28(34)29(10-11-29)19-5-8-24-26(14-19)40-30(31,32)39-24/h4-9,13-15,18,27H,10-12,16H2,1-3H3,(H,33,34). The van der Waals surface area contributed by atoms with E-state index in [2.05, 4.69) is 14.8 Å². The lowest BCUT2D eigenvalue weighted by Gasteiger charge is -2.35. The summed E-state index contributed by atoms with van der Waals surface area (Å²) in [5.74, 6) is 2.13. The molecule has 2 atom stereocenters. The smallest absolute Gasteiger partial charge is 0.497 e. The van der Waals surface area contributed by atoms with E-state index >= 15 is 0 Å². The molecule has 0 spiro atoms. The van der Waals surface area contributed by atoms with E-state index in [0.29, 0.717) is 54.4 Å². The summed E-state index contributed by atoms with van der Waals surface area (Å²) in [6.07, 6.45) is -1.96. The molecule has 8 nitrogen and oxygen atoms in total. The van der Waals surface area contributed by atoms with Gasteiger partial charge in [0.2, 0.25) is 5.91 Å². The minimum absolute atomic E-state index is 0.0506. The fraction of sp³-hybridized carbons (Fsp3) is 0.367. The number of hydrogen-bond acceptors (Lipinski definition) is 7. The topological polar surface area (TPSA) is 84.5 Å². The maximum Gasteiger partial charge on any atom is 0.586 e. The van der Waals surface area contributed by atoms with Crippen molar-refractivity contribution >= 4 is 5.91 Å². The third kappa shape index (κ3) is 4.61. The van der Waals surface area contributed by atoms with Crippen molar-refractivity contribution in [3.63, 3.8) is 0 Å². The Kier molecular flexibility index (Phi) is 6.35. The number of methoxy groups -OCH3 is 3. The van der Waals surface area contributed by atoms with Crippen LogP contribution in [0.3, 0.4) is 0 Å². The summed E-state index contributed by atoms with van der Waals surface area (Å²) in [6, 6.07) is 15.4. The van der Waals surface area contributed by atoms with E-state index in [1.807, 2.05) is 36.4 Å². The molecule has 210 valence electrons. The number of rotatable bonds is 8. The minimum atomic E-state index is -3.72. The van der Waals surface area contributed by atoms with Gasteiger partial charge in [0.15, 0.2) is 23.0 Å². The Labute approximate surface area is 230 Å². The molecule has 2 aliphatic heterocycles. The van der Waals surface area contributed by atoms with Crippen molar-refractivity contribution in [3.8, 4) is 34.5 Å². The number of halogens is 2. The average molecular weight is 554 g/mol. The van der Waals surface area contributed by atoms with Crippen molar-refractivity contribution in [2.75, 3.05) is 27.9 Å². The van der Waals surface area contributed by atoms with Gasteiger partial charge in [-0.3, -0.25) is 4.79 Å². The zero-order valence-electron chi connectivity index (χ0n) is 22.3. The summed E-state index contributed by atoms with van der Waals surface area (Å²) in [7, 11) is 4.76. The lowest BCUT2D eigenvalue weighted by molar-refractivity contribution is -0.286. The quantitative estimate of drug-likeness (QED) is 0.412. The normalized spacial score (nSPS) is 21.0. The highest BCUT2D eigenvalue weighted by molar-refractivity contribution is 5.92. The second-order valence-electron chi connectivity index (χ2n) is 10.2. The second kappa shape index (κ2) is 9.76. The Hall–Kier alpha value is -4.21. The molecule has 0 bridgehead atoms. The Morgan fingerprint density at radius 1 is 0.900 bits per heavy atom. The number of alkyl halides is 2. The molecular weight excluding hydrogens is 524 g/mol. The van der Waals surface area contributed by atoms with Crippen LogP contribution in [-0.2, 0) is 16.6 Å². The molecule has 1 N–H and O–H groups in total. The van der Waals surface area contributed by atoms with Crippen LogP contribution in [0.25, 0.3) is 0 Å². The lowest BCUT2D eigenvalue weighted by Crippen LogP contribution is -2.43. The van der Waals surface area contributed by atoms with Crippen molar-refractivity contribution in [3.05, 3.63) is 71.3 Å². The third-order valence-corrected chi connectivity index (χ3v) is 7.85. The number of benzene rings is 3. The fourth-order valence-corrected chi connectivity index (χ4v) is 5.56. The highest BCUT2D eigenvalue weighted by atomic mass is 19.3. The molecule has 3 aromatic rings. The van der Waals surface area contributed by atoms with E-state index in [4.69, 9.17) is 18.9 Å². The Morgan fingerprint density at radius 2 is 1.65 bits per heavy atom. The second-order valence-corrected chi connectivity index (χ2v) is 10.2. The molecule has 1 amide bonds. The van der Waals surface area contributed by atoms with Crippen LogP contribution < -0.4 is 33.7 Å². The van der Waals surface area contributed by atoms with Crippen molar-refractivity contribution in [1.29, 1.82) is 0 Å². The Morgan fingerprint density at radius 3 is 2.38 bits per heavy atom. The summed E-state index contributed by atoms with van der Waals surface area (Å²) >= 11 is 0. The van der Waals surface area contributed by atoms with E-state index in [1.165, 1.54) is 12.1 Å². The number of ether oxygens (including phenoxy) is 6. The average Bonchev–Trinajstić information content (AvgIpc) is 3.70. The van der Waals surface area contributed by atoms with Crippen LogP contribution in [0, 0.1) is 5.92 Å². The summed E-state index contributed by atoms with van der Waals surface area (Å²) < 4.78 is 58.8. The van der Waals surface area contributed by atoms with Gasteiger partial charge in [0.05, 0.1) is 39.4 Å². The van der Waals surface area contributed by atoms with Crippen LogP contribution in [0.1, 0.15) is 35.6 Å². The van der Waals surface area contributed by atoms with Gasteiger partial charge in [0.1, 0.15) is 11.5 Å². The largest absolute Gasteiger partial charge is 0.586 e. The van der Waals surface area contributed by atoms with Crippen LogP contribution in [-0.4, -0.2) is 40.1 Å². The van der Waals surface area contributed by atoms with Gasteiger partial charge >= 0.3 is 6.29 Å². The molecule has 1 saturated carbocycles. The highest BCUT2D eigenvalue weighted by Gasteiger charge is 2.53. The van der Waals surface area contributed by atoms with Gasteiger partial charge in [-0.25, -0.2) is 0 Å². The van der Waals surface area contributed by atoms with E-state index in [-0.39, 0.29) is 23.3 Å². The van der Waals surface area contributed by atoms with Crippen molar-refractivity contribution in [2.24, 2.45) is 5.92 Å². The molecule has 0 saturated heterocycles. The third-order valence-electron chi connectivity index (χ3n) is 7.85. The fourth-order valence-electron chi connectivity index (χ4n) is 5.56. The van der Waals surface area contributed by atoms with Crippen molar-refractivity contribution in [2.45, 2.75) is 37.0 Å². The first-order chi connectivity index (χ1) is 19.2. The summed E-state index contributed by atoms with van der Waals surface area (Å²) in [5, 5.41) is 3.28. The summed E-state index contributed by atoms with van der Waals surface area (Å²) in [6.45, 7) is 0.380. The zero-order chi connectivity index (χ0) is 28.1. The molecule has 1 fully saturated rings. The number of fused-ring (bicyclic) bond motifs is 2. The Balaban J connectivity index is 1.30. The SMILES string of the molecule is COc1ccc2c(c1)C(NC(=O)C1(c3ccc4c(c3)OC(F)(F)O4)CC1)C(Cc1ccc(OC)c(OC)c1)CO2. The van der Waals surface area contributed by atoms with Crippen molar-refractivity contribution in [1.82, 2.24) is 5.32 Å². The predicted molar refractivity (Wildman–Crippen MR) is 140 cm³/mol. The van der Waals surface area contributed by atoms with Gasteiger partial charge in [0, 0.05) is 11.5 Å². The van der Waals surface area contributed by atoms with Gasteiger partial charge in [-0.15, -0.1) is 8.78 Å². The van der Waals surface area contributed by atoms with Gasteiger partial charge in [-0.1, -0.05) is 12.1 Å². The first-order valence-corrected chi connectivity index (χ1v) is 13.0. The van der Waals surface area contributed by atoms with E-state index in [1.54, 1.807) is 27.4 Å². The van der Waals surface area contributed by atoms with E-state index < -0.39 is 17.8 Å². The number of amides is 1. The molecule has 10 heteroatoms. The van der Waals surface area contributed by atoms with Crippen LogP contribution in [0.5, 0.6) is 34.5 Å². The minimum Gasteiger partial charge on any atom is -0.497 e. The maximum absolute atomic E-state index is 13.9. The van der Waals surface area contributed by atoms with Crippen molar-refractivity contribution < 1.29 is 42.0 Å². The molecule has 3 aromatic carbocycles. The van der Waals surface area contributed by atoms with Crippen LogP contribution in [0.2, 0.25) is 0 Å². The molecule has 6 rings (SSSR count). The molecule has 3 aliphatic rings. The molecule has 40 heavy (non-hydrogen) atoms. The van der Waals surface area contributed by atoms with Crippen LogP contribution in [0.4, 0.5) is 8.78 Å².